The van der Waals surface area contributed by atoms with E-state index in [0.29, 0.717) is 0 Å². The molecule has 0 aromatic carbocycles. The molecule has 0 nitrogen and oxygen atoms in total. The summed E-state index contributed by atoms with van der Waals surface area (Å²) in [6, 6.07) is 0. The quantitative estimate of drug-likeness (QED) is 0.405. The predicted octanol–water partition coefficient (Wildman–Crippen LogP) is 4.34. The molecule has 0 N–H and O–H groups in total. The molecule has 0 saturated heterocycles. The van der Waals surface area contributed by atoms with Crippen molar-refractivity contribution in [2.75, 3.05) is 0 Å². The number of rotatable bonds is 0. The average molecular weight is 536 g/mol. The maximum absolute atomic E-state index is 2.46. The van der Waals surface area contributed by atoms with Crippen LogP contribution in [0.4, 0.5) is 0 Å². The molecular formula is C16H28Se4. The molecule has 4 heteroatoms. The third-order valence-electron chi connectivity index (χ3n) is 3.34. The molecule has 0 radical (unpaired) electrons. The molecule has 0 bridgehead atoms. The van der Waals surface area contributed by atoms with Gasteiger partial charge < -0.3 is 0 Å². The molecule has 0 aliphatic carbocycles. The van der Waals surface area contributed by atoms with Gasteiger partial charge in [-0.2, -0.15) is 0 Å². The summed E-state index contributed by atoms with van der Waals surface area (Å²) in [6.07, 6.45) is 23.0. The summed E-state index contributed by atoms with van der Waals surface area (Å²) in [4.78, 5) is 2.46. The van der Waals surface area contributed by atoms with Gasteiger partial charge >= 0.3 is 148 Å². The molecule has 0 spiro atoms. The van der Waals surface area contributed by atoms with E-state index in [1.807, 2.05) is 0 Å². The summed E-state index contributed by atoms with van der Waals surface area (Å²) in [5.74, 6) is 0. The first-order chi connectivity index (χ1) is 10.0. The third kappa shape index (κ3) is 14.5. The zero-order valence-electron chi connectivity index (χ0n) is 12.4. The molecule has 116 valence electrons. The van der Waals surface area contributed by atoms with Gasteiger partial charge in [0.05, 0.1) is 0 Å². The van der Waals surface area contributed by atoms with Crippen LogP contribution in [0.5, 0.6) is 0 Å². The normalized spacial score (nSPS) is 22.4. The maximum atomic E-state index is 2.46. The van der Waals surface area contributed by atoms with Crippen molar-refractivity contribution in [2.24, 2.45) is 0 Å². The molecule has 0 atom stereocenters. The van der Waals surface area contributed by atoms with Crippen molar-refractivity contribution < 1.29 is 0 Å². The van der Waals surface area contributed by atoms with Gasteiger partial charge in [-0.05, 0) is 0 Å². The van der Waals surface area contributed by atoms with Crippen molar-refractivity contribution in [3.8, 4) is 0 Å². The van der Waals surface area contributed by atoms with Crippen LogP contribution in [0.15, 0.2) is 23.2 Å². The minimum atomic E-state index is 0.847. The topological polar surface area (TPSA) is 0 Å². The van der Waals surface area contributed by atoms with E-state index in [4.69, 9.17) is 0 Å². The van der Waals surface area contributed by atoms with E-state index >= 15 is 0 Å². The van der Waals surface area contributed by atoms with E-state index in [0.717, 1.165) is 48.9 Å². The van der Waals surface area contributed by atoms with Crippen LogP contribution >= 0.6 is 0 Å². The van der Waals surface area contributed by atoms with Crippen LogP contribution < -0.4 is 0 Å². The molecule has 0 unspecified atom stereocenters. The molecule has 0 saturated carbocycles. The molecule has 0 aromatic rings. The van der Waals surface area contributed by atoms with Gasteiger partial charge in [-0.15, -0.1) is 0 Å². The van der Waals surface area contributed by atoms with E-state index in [9.17, 15) is 0 Å². The molecule has 0 amide bonds. The van der Waals surface area contributed by atoms with Crippen LogP contribution in [0.1, 0.15) is 70.6 Å². The molecule has 1 rings (SSSR count). The third-order valence-corrected chi connectivity index (χ3v) is 40.3. The SMILES string of the molecule is C1=CCCCCCCCCCCCC[Se][Se][Se][Se]C=C1. The Labute approximate surface area is 147 Å². The summed E-state index contributed by atoms with van der Waals surface area (Å²) in [6.45, 7) is 0. The van der Waals surface area contributed by atoms with Crippen molar-refractivity contribution in [1.29, 1.82) is 0 Å². The Balaban J connectivity index is 2.12. The van der Waals surface area contributed by atoms with E-state index in [1.54, 1.807) is 5.32 Å². The zero-order valence-corrected chi connectivity index (χ0v) is 19.3. The van der Waals surface area contributed by atoms with Crippen LogP contribution in [-0.2, 0) is 0 Å². The van der Waals surface area contributed by atoms with Gasteiger partial charge in [-0.25, -0.2) is 0 Å². The van der Waals surface area contributed by atoms with Gasteiger partial charge in [0.25, 0.3) is 0 Å². The first-order valence-electron chi connectivity index (χ1n) is 7.93. The minimum absolute atomic E-state index is 0.847. The van der Waals surface area contributed by atoms with Gasteiger partial charge in [0.15, 0.2) is 0 Å². The van der Waals surface area contributed by atoms with Crippen LogP contribution in [0, 0.1) is 0 Å². The fourth-order valence-electron chi connectivity index (χ4n) is 2.18. The van der Waals surface area contributed by atoms with Crippen LogP contribution in [0.3, 0.4) is 0 Å². The molecule has 0 fully saturated rings. The molecule has 1 heterocycles. The fourth-order valence-corrected chi connectivity index (χ4v) is 39.0. The molecule has 1 aliphatic rings. The Morgan fingerprint density at radius 2 is 1.25 bits per heavy atom. The number of allylic oxidation sites excluding steroid dienone is 3. The zero-order chi connectivity index (χ0) is 14.1. The average Bonchev–Trinajstić information content (AvgIpc) is 2.46. The van der Waals surface area contributed by atoms with E-state index in [-0.39, 0.29) is 0 Å². The molecular weight excluding hydrogens is 508 g/mol. The van der Waals surface area contributed by atoms with Crippen LogP contribution in [0.25, 0.3) is 0 Å². The molecule has 20 heavy (non-hydrogen) atoms. The molecule has 1 aliphatic heterocycles. The second-order valence-corrected chi connectivity index (χ2v) is 31.1. The van der Waals surface area contributed by atoms with Gasteiger partial charge in [-0.3, -0.25) is 0 Å². The number of hydrogen-bond donors (Lipinski definition) is 0. The standard InChI is InChI=1S/C16H28Se4/c1-2-4-6-8-10-12-14-16-18-20-19-17-15-13-11-9-7-5-3-1/h9,11,13,15H,1-8,10,12,14,16H2. The predicted molar refractivity (Wildman–Crippen MR) is 96.9 cm³/mol. The Hall–Kier alpha value is 1.56. The summed E-state index contributed by atoms with van der Waals surface area (Å²) >= 11 is 3.93. The van der Waals surface area contributed by atoms with Gasteiger partial charge in [0, 0.05) is 0 Å². The van der Waals surface area contributed by atoms with Crippen molar-refractivity contribution in [3.05, 3.63) is 23.2 Å². The summed E-state index contributed by atoms with van der Waals surface area (Å²) in [5, 5.41) is 1.58. The van der Waals surface area contributed by atoms with E-state index in [2.05, 4.69) is 23.2 Å². The Morgan fingerprint density at radius 1 is 0.600 bits per heavy atom. The number of hydrogen-bond acceptors (Lipinski definition) is 0. The first kappa shape index (κ1) is 19.6. The Kier molecular flexibility index (Phi) is 16.6. The van der Waals surface area contributed by atoms with Crippen molar-refractivity contribution in [1.82, 2.24) is 0 Å². The van der Waals surface area contributed by atoms with Crippen LogP contribution in [-0.4, -0.2) is 48.9 Å². The first-order valence-corrected chi connectivity index (χ1v) is 23.1. The van der Waals surface area contributed by atoms with Gasteiger partial charge in [-0.1, -0.05) is 0 Å². The Morgan fingerprint density at radius 3 is 2.00 bits per heavy atom. The molecule has 0 aromatic heterocycles. The Bertz CT molecular complexity index is 225. The van der Waals surface area contributed by atoms with Crippen LogP contribution in [0.2, 0.25) is 5.32 Å². The van der Waals surface area contributed by atoms with Crippen molar-refractivity contribution in [2.45, 2.75) is 75.9 Å². The van der Waals surface area contributed by atoms with E-state index < -0.39 is 0 Å². The summed E-state index contributed by atoms with van der Waals surface area (Å²) in [5.41, 5.74) is 0. The van der Waals surface area contributed by atoms with Gasteiger partial charge in [0.2, 0.25) is 0 Å². The monoisotopic (exact) mass is 540 g/mol. The van der Waals surface area contributed by atoms with Crippen molar-refractivity contribution >= 4 is 48.9 Å². The van der Waals surface area contributed by atoms with Crippen molar-refractivity contribution in [3.63, 3.8) is 0 Å². The fraction of sp³-hybridized carbons (Fsp3) is 0.750. The summed E-state index contributed by atoms with van der Waals surface area (Å²) in [7, 11) is 0. The second kappa shape index (κ2) is 16.9. The second-order valence-electron chi connectivity index (χ2n) is 5.14. The van der Waals surface area contributed by atoms with E-state index in [1.165, 1.54) is 70.6 Å². The van der Waals surface area contributed by atoms with Gasteiger partial charge in [0.1, 0.15) is 0 Å². The summed E-state index contributed by atoms with van der Waals surface area (Å²) < 4.78 is 0.